The molecule has 26 heavy (non-hydrogen) atoms. The van der Waals surface area contributed by atoms with Crippen LogP contribution in [0.2, 0.25) is 0 Å². The third-order valence-corrected chi connectivity index (χ3v) is 5.67. The van der Waals surface area contributed by atoms with Gasteiger partial charge in [-0.2, -0.15) is 0 Å². The quantitative estimate of drug-likeness (QED) is 0.466. The molecule has 134 valence electrons. The summed E-state index contributed by atoms with van der Waals surface area (Å²) in [7, 11) is 0. The maximum Gasteiger partial charge on any atom is 0.291 e. The zero-order chi connectivity index (χ0) is 18.4. The van der Waals surface area contributed by atoms with E-state index in [9.17, 15) is 9.59 Å². The Hall–Kier alpha value is -2.51. The van der Waals surface area contributed by atoms with Crippen molar-refractivity contribution in [3.05, 3.63) is 71.0 Å². The minimum atomic E-state index is -0.331. The Morgan fingerprint density at radius 2 is 1.92 bits per heavy atom. The summed E-state index contributed by atoms with van der Waals surface area (Å²) in [6.07, 6.45) is 1.45. The molecule has 0 fully saturated rings. The van der Waals surface area contributed by atoms with Crippen LogP contribution >= 0.6 is 23.1 Å². The molecule has 0 saturated carbocycles. The van der Waals surface area contributed by atoms with E-state index < -0.39 is 0 Å². The second kappa shape index (κ2) is 8.73. The summed E-state index contributed by atoms with van der Waals surface area (Å²) < 4.78 is 5.06. The summed E-state index contributed by atoms with van der Waals surface area (Å²) in [5, 5.41) is 6.29. The van der Waals surface area contributed by atoms with Gasteiger partial charge in [-0.3, -0.25) is 9.59 Å². The molecule has 0 bridgehead atoms. The number of hydrogen-bond donors (Lipinski definition) is 2. The van der Waals surface area contributed by atoms with E-state index in [1.165, 1.54) is 22.5 Å². The van der Waals surface area contributed by atoms with Gasteiger partial charge in [-0.15, -0.1) is 23.1 Å². The molecule has 0 unspecified atom stereocenters. The van der Waals surface area contributed by atoms with Crippen LogP contribution in [0, 0.1) is 6.92 Å². The van der Waals surface area contributed by atoms with Gasteiger partial charge in [0.05, 0.1) is 16.1 Å². The largest absolute Gasteiger partial charge is 0.459 e. The molecule has 0 aliphatic carbocycles. The Bertz CT molecular complexity index is 874. The highest BCUT2D eigenvalue weighted by molar-refractivity contribution is 7.99. The molecule has 0 atom stereocenters. The van der Waals surface area contributed by atoms with Gasteiger partial charge < -0.3 is 15.1 Å². The molecule has 0 spiro atoms. The maximum absolute atomic E-state index is 12.4. The molecular formula is C19H18N2O3S2. The number of aryl methyl sites for hydroxylation is 1. The van der Waals surface area contributed by atoms with Gasteiger partial charge in [0, 0.05) is 17.2 Å². The van der Waals surface area contributed by atoms with Crippen LogP contribution < -0.4 is 10.6 Å². The van der Waals surface area contributed by atoms with Crippen molar-refractivity contribution in [2.24, 2.45) is 0 Å². The summed E-state index contributed by atoms with van der Waals surface area (Å²) in [4.78, 5) is 26.2. The monoisotopic (exact) mass is 386 g/mol. The number of anilines is 1. The molecule has 0 radical (unpaired) electrons. The molecule has 7 heteroatoms. The van der Waals surface area contributed by atoms with Crippen LogP contribution in [0.15, 0.2) is 64.1 Å². The number of carbonyl (C=O) groups is 2. The summed E-state index contributed by atoms with van der Waals surface area (Å²) in [6, 6.07) is 15.1. The summed E-state index contributed by atoms with van der Waals surface area (Å²) in [6.45, 7) is 2.43. The highest BCUT2D eigenvalue weighted by atomic mass is 32.2. The van der Waals surface area contributed by atoms with Crippen molar-refractivity contribution >= 4 is 39.9 Å². The van der Waals surface area contributed by atoms with Crippen LogP contribution in [0.25, 0.3) is 0 Å². The van der Waals surface area contributed by atoms with Crippen LogP contribution in [-0.4, -0.2) is 24.1 Å². The SMILES string of the molecule is Cc1cc(NC(=O)c2ccco2)sc1C(=O)NCCSc1ccccc1. The fraction of sp³-hybridized carbons (Fsp3) is 0.158. The van der Waals surface area contributed by atoms with Crippen molar-refractivity contribution < 1.29 is 14.0 Å². The van der Waals surface area contributed by atoms with Gasteiger partial charge in [-0.1, -0.05) is 18.2 Å². The van der Waals surface area contributed by atoms with E-state index in [0.717, 1.165) is 11.3 Å². The summed E-state index contributed by atoms with van der Waals surface area (Å²) in [5.74, 6) is 0.574. The number of nitrogens with one attached hydrogen (secondary N) is 2. The molecule has 3 aromatic rings. The lowest BCUT2D eigenvalue weighted by atomic mass is 10.3. The van der Waals surface area contributed by atoms with Crippen LogP contribution in [-0.2, 0) is 0 Å². The Kier molecular flexibility index (Phi) is 6.14. The maximum atomic E-state index is 12.4. The minimum Gasteiger partial charge on any atom is -0.459 e. The molecular weight excluding hydrogens is 368 g/mol. The first-order valence-electron chi connectivity index (χ1n) is 8.05. The predicted octanol–water partition coefficient (Wildman–Crippen LogP) is 4.42. The third kappa shape index (κ3) is 4.77. The van der Waals surface area contributed by atoms with Crippen molar-refractivity contribution in [1.82, 2.24) is 5.32 Å². The summed E-state index contributed by atoms with van der Waals surface area (Å²) in [5.41, 5.74) is 0.831. The fourth-order valence-electron chi connectivity index (χ4n) is 2.28. The Morgan fingerprint density at radius 3 is 2.65 bits per heavy atom. The van der Waals surface area contributed by atoms with E-state index in [1.807, 2.05) is 37.3 Å². The van der Waals surface area contributed by atoms with Crippen LogP contribution in [0.5, 0.6) is 0 Å². The Labute approximate surface area is 159 Å². The highest BCUT2D eigenvalue weighted by Crippen LogP contribution is 2.27. The van der Waals surface area contributed by atoms with Gasteiger partial charge in [-0.05, 0) is 42.8 Å². The smallest absolute Gasteiger partial charge is 0.291 e. The van der Waals surface area contributed by atoms with Crippen molar-refractivity contribution in [2.45, 2.75) is 11.8 Å². The molecule has 1 aromatic carbocycles. The molecule has 2 aromatic heterocycles. The molecule has 2 amide bonds. The average molecular weight is 386 g/mol. The molecule has 0 saturated heterocycles. The first-order valence-corrected chi connectivity index (χ1v) is 9.85. The first-order chi connectivity index (χ1) is 12.6. The number of thiophene rings is 1. The molecule has 0 aliphatic rings. The predicted molar refractivity (Wildman–Crippen MR) is 105 cm³/mol. The first kappa shape index (κ1) is 18.3. The molecule has 3 rings (SSSR count). The standard InChI is InChI=1S/C19H18N2O3S2/c1-13-12-16(21-18(22)15-8-5-10-24-15)26-17(13)19(23)20-9-11-25-14-6-3-2-4-7-14/h2-8,10,12H,9,11H2,1H3,(H,20,23)(H,21,22). The van der Waals surface area contributed by atoms with Crippen LogP contribution in [0.1, 0.15) is 25.8 Å². The number of hydrogen-bond acceptors (Lipinski definition) is 5. The zero-order valence-electron chi connectivity index (χ0n) is 14.2. The number of benzene rings is 1. The van der Waals surface area contributed by atoms with E-state index in [0.29, 0.717) is 16.4 Å². The zero-order valence-corrected chi connectivity index (χ0v) is 15.8. The van der Waals surface area contributed by atoms with Crippen molar-refractivity contribution in [3.8, 4) is 0 Å². The van der Waals surface area contributed by atoms with Gasteiger partial charge in [0.25, 0.3) is 11.8 Å². The van der Waals surface area contributed by atoms with E-state index >= 15 is 0 Å². The van der Waals surface area contributed by atoms with Gasteiger partial charge in [-0.25, -0.2) is 0 Å². The van der Waals surface area contributed by atoms with Crippen LogP contribution in [0.4, 0.5) is 5.00 Å². The van der Waals surface area contributed by atoms with Crippen molar-refractivity contribution in [2.75, 3.05) is 17.6 Å². The Balaban J connectivity index is 1.51. The molecule has 5 nitrogen and oxygen atoms in total. The Morgan fingerprint density at radius 1 is 1.12 bits per heavy atom. The number of amides is 2. The average Bonchev–Trinajstić information content (AvgIpc) is 3.29. The topological polar surface area (TPSA) is 71.3 Å². The van der Waals surface area contributed by atoms with Crippen LogP contribution in [0.3, 0.4) is 0 Å². The second-order valence-electron chi connectivity index (χ2n) is 5.47. The lowest BCUT2D eigenvalue weighted by Crippen LogP contribution is -2.25. The molecule has 2 heterocycles. The second-order valence-corrected chi connectivity index (χ2v) is 7.69. The van der Waals surface area contributed by atoms with E-state index in [4.69, 9.17) is 4.42 Å². The van der Waals surface area contributed by atoms with E-state index in [-0.39, 0.29) is 17.6 Å². The lowest BCUT2D eigenvalue weighted by molar-refractivity contribution is 0.0958. The van der Waals surface area contributed by atoms with E-state index in [1.54, 1.807) is 30.0 Å². The van der Waals surface area contributed by atoms with Gasteiger partial charge in [0.15, 0.2) is 5.76 Å². The number of thioether (sulfide) groups is 1. The van der Waals surface area contributed by atoms with Gasteiger partial charge in [0.2, 0.25) is 0 Å². The minimum absolute atomic E-state index is 0.125. The summed E-state index contributed by atoms with van der Waals surface area (Å²) >= 11 is 2.95. The number of carbonyl (C=O) groups excluding carboxylic acids is 2. The molecule has 0 aliphatic heterocycles. The van der Waals surface area contributed by atoms with Crippen molar-refractivity contribution in [3.63, 3.8) is 0 Å². The normalized spacial score (nSPS) is 10.5. The van der Waals surface area contributed by atoms with Crippen molar-refractivity contribution in [1.29, 1.82) is 0 Å². The third-order valence-electron chi connectivity index (χ3n) is 3.51. The molecule has 2 N–H and O–H groups in total. The van der Waals surface area contributed by atoms with E-state index in [2.05, 4.69) is 10.6 Å². The fourth-order valence-corrected chi connectivity index (χ4v) is 4.05. The highest BCUT2D eigenvalue weighted by Gasteiger charge is 2.16. The lowest BCUT2D eigenvalue weighted by Gasteiger charge is -2.04. The van der Waals surface area contributed by atoms with Gasteiger partial charge >= 0.3 is 0 Å². The van der Waals surface area contributed by atoms with Gasteiger partial charge in [0.1, 0.15) is 0 Å². The number of furan rings is 1. The number of rotatable bonds is 7.